The van der Waals surface area contributed by atoms with Gasteiger partial charge in [0.15, 0.2) is 0 Å². The molecule has 0 saturated carbocycles. The van der Waals surface area contributed by atoms with Crippen molar-refractivity contribution in [3.8, 4) is 0 Å². The number of hydrogen-bond acceptors (Lipinski definition) is 4. The third-order valence-electron chi connectivity index (χ3n) is 3.72. The van der Waals surface area contributed by atoms with E-state index in [1.807, 2.05) is 0 Å². The van der Waals surface area contributed by atoms with Gasteiger partial charge in [0.1, 0.15) is 0 Å². The van der Waals surface area contributed by atoms with E-state index >= 15 is 0 Å². The summed E-state index contributed by atoms with van der Waals surface area (Å²) in [5, 5.41) is 0. The fraction of sp³-hybridized carbons (Fsp3) is 1.00. The maximum Gasteiger partial charge on any atom is 0.460 e. The average Bonchev–Trinajstić information content (AvgIpc) is 2.60. The van der Waals surface area contributed by atoms with Crippen LogP contribution in [0.4, 0.5) is 57.1 Å². The first kappa shape index (κ1) is 31.6. The third-order valence-corrected chi connectivity index (χ3v) is 7.08. The second-order valence-corrected chi connectivity index (χ2v) is 9.44. The van der Waals surface area contributed by atoms with Gasteiger partial charge >= 0.3 is 43.4 Å². The standard InChI is InChI=1S/C14H18F13O3PS/c1-3-29-31(28,30-4-2)6-8-32-7-5-9(15,16)10(17,18)11(19,20)12(21,22)13(23,24)14(25,26)27/h3-8H2,1-2H3. The summed E-state index contributed by atoms with van der Waals surface area (Å²) < 4.78 is 190. The molecule has 194 valence electrons. The topological polar surface area (TPSA) is 35.5 Å². The molecule has 0 aliphatic carbocycles. The van der Waals surface area contributed by atoms with Crippen LogP contribution < -0.4 is 0 Å². The first-order chi connectivity index (χ1) is 14.1. The monoisotopic (exact) mass is 544 g/mol. The molecule has 0 spiro atoms. The lowest BCUT2D eigenvalue weighted by Crippen LogP contribution is -2.70. The number of rotatable bonds is 14. The summed E-state index contributed by atoms with van der Waals surface area (Å²) in [7, 11) is -3.68. The molecule has 3 nitrogen and oxygen atoms in total. The molecule has 0 fully saturated rings. The van der Waals surface area contributed by atoms with E-state index in [0.29, 0.717) is 11.8 Å². The lowest BCUT2D eigenvalue weighted by atomic mass is 9.93. The van der Waals surface area contributed by atoms with Crippen LogP contribution in [0.15, 0.2) is 0 Å². The molecule has 0 amide bonds. The highest BCUT2D eigenvalue weighted by atomic mass is 32.2. The average molecular weight is 544 g/mol. The van der Waals surface area contributed by atoms with Gasteiger partial charge in [-0.2, -0.15) is 68.8 Å². The molecule has 18 heteroatoms. The summed E-state index contributed by atoms with van der Waals surface area (Å²) in [6, 6.07) is 0. The zero-order valence-corrected chi connectivity index (χ0v) is 17.9. The van der Waals surface area contributed by atoms with Gasteiger partial charge in [0.05, 0.1) is 19.4 Å². The van der Waals surface area contributed by atoms with Gasteiger partial charge in [0.2, 0.25) is 0 Å². The van der Waals surface area contributed by atoms with Crippen LogP contribution >= 0.6 is 19.4 Å². The fourth-order valence-corrected chi connectivity index (χ4v) is 5.13. The van der Waals surface area contributed by atoms with Gasteiger partial charge in [0.25, 0.3) is 0 Å². The van der Waals surface area contributed by atoms with Gasteiger partial charge in [-0.25, -0.2) is 0 Å². The van der Waals surface area contributed by atoms with E-state index < -0.39 is 61.7 Å². The van der Waals surface area contributed by atoms with Crippen molar-refractivity contribution < 1.29 is 70.7 Å². The number of hydrogen-bond donors (Lipinski definition) is 0. The van der Waals surface area contributed by atoms with Crippen molar-refractivity contribution in [2.75, 3.05) is 30.9 Å². The predicted molar refractivity (Wildman–Crippen MR) is 88.5 cm³/mol. The Balaban J connectivity index is 5.38. The summed E-state index contributed by atoms with van der Waals surface area (Å²) >= 11 is 0.297. The molecule has 0 unspecified atom stereocenters. The lowest BCUT2D eigenvalue weighted by molar-refractivity contribution is -0.439. The second kappa shape index (κ2) is 10.5. The quantitative estimate of drug-likeness (QED) is 0.133. The Morgan fingerprint density at radius 2 is 1.06 bits per heavy atom. The second-order valence-electron chi connectivity index (χ2n) is 6.03. The summed E-state index contributed by atoms with van der Waals surface area (Å²) in [6.07, 6.45) is -10.2. The van der Waals surface area contributed by atoms with Gasteiger partial charge in [-0.05, 0) is 19.6 Å². The van der Waals surface area contributed by atoms with Crippen LogP contribution in [0.5, 0.6) is 0 Å². The van der Waals surface area contributed by atoms with E-state index in [2.05, 4.69) is 0 Å². The molecule has 0 aliphatic rings. The first-order valence-corrected chi connectivity index (χ1v) is 11.4. The van der Waals surface area contributed by atoms with Crippen LogP contribution in [0.2, 0.25) is 0 Å². The van der Waals surface area contributed by atoms with Crippen molar-refractivity contribution >= 4 is 19.4 Å². The third kappa shape index (κ3) is 6.17. The van der Waals surface area contributed by atoms with E-state index in [9.17, 15) is 61.6 Å². The number of thioether (sulfide) groups is 1. The van der Waals surface area contributed by atoms with Crippen molar-refractivity contribution in [2.24, 2.45) is 0 Å². The normalized spacial score (nSPS) is 15.3. The molecule has 0 N–H and O–H groups in total. The van der Waals surface area contributed by atoms with Crippen molar-refractivity contribution in [1.29, 1.82) is 0 Å². The van der Waals surface area contributed by atoms with E-state index in [-0.39, 0.29) is 19.0 Å². The van der Waals surface area contributed by atoms with Crippen LogP contribution in [0.1, 0.15) is 20.3 Å². The van der Waals surface area contributed by atoms with Crippen molar-refractivity contribution in [2.45, 2.75) is 56.1 Å². The highest BCUT2D eigenvalue weighted by Gasteiger charge is 2.90. The molecule has 0 atom stereocenters. The lowest BCUT2D eigenvalue weighted by Gasteiger charge is -2.39. The molecule has 32 heavy (non-hydrogen) atoms. The maximum atomic E-state index is 13.6. The van der Waals surface area contributed by atoms with Crippen molar-refractivity contribution in [3.63, 3.8) is 0 Å². The summed E-state index contributed by atoms with van der Waals surface area (Å²) in [4.78, 5) is 0. The largest absolute Gasteiger partial charge is 0.460 e. The molecule has 0 heterocycles. The molecule has 0 aliphatic heterocycles. The van der Waals surface area contributed by atoms with Crippen LogP contribution in [-0.2, 0) is 13.6 Å². The zero-order chi connectivity index (χ0) is 25.9. The first-order valence-electron chi connectivity index (χ1n) is 8.49. The molecule has 0 aromatic heterocycles. The highest BCUT2D eigenvalue weighted by molar-refractivity contribution is 7.99. The van der Waals surface area contributed by atoms with Gasteiger partial charge in [-0.3, -0.25) is 4.57 Å². The molecule has 0 aromatic carbocycles. The van der Waals surface area contributed by atoms with Crippen LogP contribution in [0, 0.1) is 0 Å². The Kier molecular flexibility index (Phi) is 10.3. The molecule has 0 aromatic rings. The Labute approximate surface area is 177 Å². The van der Waals surface area contributed by atoms with Gasteiger partial charge in [-0.15, -0.1) is 0 Å². The zero-order valence-electron chi connectivity index (χ0n) is 16.2. The smallest absolute Gasteiger partial charge is 0.309 e. The van der Waals surface area contributed by atoms with E-state index in [4.69, 9.17) is 9.05 Å². The maximum absolute atomic E-state index is 13.6. The van der Waals surface area contributed by atoms with Crippen molar-refractivity contribution in [1.82, 2.24) is 0 Å². The minimum Gasteiger partial charge on any atom is -0.309 e. The summed E-state index contributed by atoms with van der Waals surface area (Å²) in [5.74, 6) is -38.4. The van der Waals surface area contributed by atoms with E-state index in [1.54, 1.807) is 0 Å². The number of halogens is 13. The number of alkyl halides is 13. The van der Waals surface area contributed by atoms with Gasteiger partial charge < -0.3 is 9.05 Å². The Bertz CT molecular complexity index is 644. The summed E-state index contributed by atoms with van der Waals surface area (Å²) in [6.45, 7) is 2.69. The van der Waals surface area contributed by atoms with Crippen LogP contribution in [-0.4, -0.2) is 66.7 Å². The summed E-state index contributed by atoms with van der Waals surface area (Å²) in [5.41, 5.74) is 0. The van der Waals surface area contributed by atoms with E-state index in [0.717, 1.165) is 0 Å². The predicted octanol–water partition coefficient (Wildman–Crippen LogP) is 7.11. The minimum atomic E-state index is -7.90. The van der Waals surface area contributed by atoms with Gasteiger partial charge in [-0.1, -0.05) is 0 Å². The molecular weight excluding hydrogens is 526 g/mol. The van der Waals surface area contributed by atoms with Crippen molar-refractivity contribution in [3.05, 3.63) is 0 Å². The fourth-order valence-electron chi connectivity index (χ4n) is 2.00. The highest BCUT2D eigenvalue weighted by Crippen LogP contribution is 2.60. The van der Waals surface area contributed by atoms with Crippen LogP contribution in [0.25, 0.3) is 0 Å². The Morgan fingerprint density at radius 1 is 0.656 bits per heavy atom. The van der Waals surface area contributed by atoms with Gasteiger partial charge in [0, 0.05) is 12.2 Å². The SMILES string of the molecule is CCOP(=O)(CCSCCC(F)(F)C(F)(F)C(F)(F)C(F)(F)C(F)(F)C(F)(F)F)OCC. The Morgan fingerprint density at radius 3 is 1.44 bits per heavy atom. The van der Waals surface area contributed by atoms with Crippen LogP contribution in [0.3, 0.4) is 0 Å². The minimum absolute atomic E-state index is 0.0852. The molecular formula is C14H18F13O3PS. The molecule has 0 saturated heterocycles. The molecule has 0 bridgehead atoms. The Hall–Kier alpha value is -0.410. The molecule has 0 rings (SSSR count). The molecule has 0 radical (unpaired) electrons. The van der Waals surface area contributed by atoms with E-state index in [1.165, 1.54) is 13.8 Å².